The van der Waals surface area contributed by atoms with E-state index in [-0.39, 0.29) is 0 Å². The van der Waals surface area contributed by atoms with E-state index in [2.05, 4.69) is 40.1 Å². The number of hydrogen-bond acceptors (Lipinski definition) is 1. The van der Waals surface area contributed by atoms with Gasteiger partial charge in [0.15, 0.2) is 18.9 Å². The van der Waals surface area contributed by atoms with E-state index in [9.17, 15) is 0 Å². The quantitative estimate of drug-likeness (QED) is 0.626. The molecule has 1 aliphatic heterocycles. The molecule has 13 heavy (non-hydrogen) atoms. The van der Waals surface area contributed by atoms with E-state index in [0.717, 1.165) is 6.54 Å². The van der Waals surface area contributed by atoms with E-state index in [1.165, 1.54) is 32.5 Å². The minimum Gasteiger partial charge on any atom is -0.297 e. The SMILES string of the molecule is c1cc[n+](CCN2CCCC2)cc1. The van der Waals surface area contributed by atoms with Crippen molar-refractivity contribution in [3.05, 3.63) is 30.6 Å². The fraction of sp³-hybridized carbons (Fsp3) is 0.545. The van der Waals surface area contributed by atoms with Crippen LogP contribution in [0.1, 0.15) is 12.8 Å². The molecule has 1 saturated heterocycles. The third-order valence-corrected chi connectivity index (χ3v) is 2.65. The Balaban J connectivity index is 1.79. The van der Waals surface area contributed by atoms with Crippen molar-refractivity contribution >= 4 is 0 Å². The Bertz CT molecular complexity index is 240. The monoisotopic (exact) mass is 177 g/mol. The van der Waals surface area contributed by atoms with Gasteiger partial charge in [-0.15, -0.1) is 0 Å². The topological polar surface area (TPSA) is 7.12 Å². The molecule has 2 heteroatoms. The Morgan fingerprint density at radius 2 is 1.69 bits per heavy atom. The molecule has 1 aliphatic rings. The molecular weight excluding hydrogens is 160 g/mol. The lowest BCUT2D eigenvalue weighted by atomic mass is 10.4. The molecule has 0 N–H and O–H groups in total. The van der Waals surface area contributed by atoms with Crippen molar-refractivity contribution in [3.8, 4) is 0 Å². The van der Waals surface area contributed by atoms with E-state index >= 15 is 0 Å². The summed E-state index contributed by atoms with van der Waals surface area (Å²) >= 11 is 0. The molecule has 0 radical (unpaired) electrons. The molecule has 0 unspecified atom stereocenters. The number of nitrogens with zero attached hydrogens (tertiary/aromatic N) is 2. The Labute approximate surface area is 79.8 Å². The van der Waals surface area contributed by atoms with Gasteiger partial charge in [-0.25, -0.2) is 4.57 Å². The average Bonchev–Trinajstić information content (AvgIpc) is 2.69. The molecule has 0 bridgehead atoms. The molecule has 1 aromatic heterocycles. The molecule has 70 valence electrons. The normalized spacial score (nSPS) is 17.8. The number of likely N-dealkylation sites (tertiary alicyclic amines) is 1. The molecule has 2 nitrogen and oxygen atoms in total. The highest BCUT2D eigenvalue weighted by Gasteiger charge is 2.12. The Morgan fingerprint density at radius 3 is 2.38 bits per heavy atom. The lowest BCUT2D eigenvalue weighted by molar-refractivity contribution is -0.696. The van der Waals surface area contributed by atoms with Gasteiger partial charge in [0.2, 0.25) is 0 Å². The Morgan fingerprint density at radius 1 is 1.00 bits per heavy atom. The van der Waals surface area contributed by atoms with Crippen molar-refractivity contribution < 1.29 is 4.57 Å². The summed E-state index contributed by atoms with van der Waals surface area (Å²) in [5.74, 6) is 0. The summed E-state index contributed by atoms with van der Waals surface area (Å²) in [4.78, 5) is 2.54. The first-order chi connectivity index (χ1) is 6.45. The van der Waals surface area contributed by atoms with E-state index in [1.807, 2.05) is 0 Å². The predicted molar refractivity (Wildman–Crippen MR) is 52.3 cm³/mol. The van der Waals surface area contributed by atoms with Gasteiger partial charge in [-0.2, -0.15) is 0 Å². The van der Waals surface area contributed by atoms with Crippen molar-refractivity contribution in [1.82, 2.24) is 4.90 Å². The van der Waals surface area contributed by atoms with E-state index in [4.69, 9.17) is 0 Å². The fourth-order valence-electron chi connectivity index (χ4n) is 1.85. The smallest absolute Gasteiger partial charge is 0.168 e. The maximum Gasteiger partial charge on any atom is 0.168 e. The molecule has 0 atom stereocenters. The average molecular weight is 177 g/mol. The van der Waals surface area contributed by atoms with Gasteiger partial charge >= 0.3 is 0 Å². The van der Waals surface area contributed by atoms with Crippen LogP contribution in [0, 0.1) is 0 Å². The summed E-state index contributed by atoms with van der Waals surface area (Å²) < 4.78 is 2.25. The summed E-state index contributed by atoms with van der Waals surface area (Å²) in [7, 11) is 0. The zero-order chi connectivity index (χ0) is 8.93. The van der Waals surface area contributed by atoms with Gasteiger partial charge in [0.25, 0.3) is 0 Å². The summed E-state index contributed by atoms with van der Waals surface area (Å²) in [6, 6.07) is 6.24. The first-order valence-electron chi connectivity index (χ1n) is 5.11. The number of aromatic nitrogens is 1. The highest BCUT2D eigenvalue weighted by molar-refractivity contribution is 4.83. The van der Waals surface area contributed by atoms with Crippen molar-refractivity contribution in [2.75, 3.05) is 19.6 Å². The van der Waals surface area contributed by atoms with Crippen LogP contribution in [0.2, 0.25) is 0 Å². The number of pyridine rings is 1. The van der Waals surface area contributed by atoms with E-state index in [1.54, 1.807) is 0 Å². The highest BCUT2D eigenvalue weighted by Crippen LogP contribution is 2.05. The summed E-state index contributed by atoms with van der Waals surface area (Å²) in [5.41, 5.74) is 0. The third kappa shape index (κ3) is 2.52. The molecule has 0 amide bonds. The van der Waals surface area contributed by atoms with Crippen molar-refractivity contribution in [2.24, 2.45) is 0 Å². The summed E-state index contributed by atoms with van der Waals surface area (Å²) in [6.45, 7) is 4.93. The molecule has 2 heterocycles. The largest absolute Gasteiger partial charge is 0.297 e. The van der Waals surface area contributed by atoms with E-state index < -0.39 is 0 Å². The molecule has 0 aliphatic carbocycles. The van der Waals surface area contributed by atoms with Crippen LogP contribution in [0.3, 0.4) is 0 Å². The van der Waals surface area contributed by atoms with Gasteiger partial charge in [0, 0.05) is 12.1 Å². The standard InChI is InChI=1S/C11H17N2/c1-2-6-12(7-3-1)10-11-13-8-4-5-9-13/h1-3,6-7H,4-5,8-11H2/q+1. The second-order valence-electron chi connectivity index (χ2n) is 3.66. The van der Waals surface area contributed by atoms with Crippen molar-refractivity contribution in [1.29, 1.82) is 0 Å². The molecular formula is C11H17N2+. The maximum absolute atomic E-state index is 2.54. The van der Waals surface area contributed by atoms with Crippen molar-refractivity contribution in [3.63, 3.8) is 0 Å². The highest BCUT2D eigenvalue weighted by atomic mass is 15.2. The first kappa shape index (κ1) is 8.70. The van der Waals surface area contributed by atoms with Crippen LogP contribution in [0.25, 0.3) is 0 Å². The number of hydrogen-bond donors (Lipinski definition) is 0. The molecule has 0 spiro atoms. The summed E-state index contributed by atoms with van der Waals surface area (Å²) in [6.07, 6.45) is 7.05. The Kier molecular flexibility index (Phi) is 2.93. The molecule has 1 fully saturated rings. The molecule has 1 aromatic rings. The third-order valence-electron chi connectivity index (χ3n) is 2.65. The van der Waals surface area contributed by atoms with Gasteiger partial charge < -0.3 is 0 Å². The fourth-order valence-corrected chi connectivity index (χ4v) is 1.85. The minimum atomic E-state index is 1.13. The van der Waals surface area contributed by atoms with Crippen LogP contribution in [0.5, 0.6) is 0 Å². The molecule has 0 aromatic carbocycles. The zero-order valence-electron chi connectivity index (χ0n) is 8.02. The van der Waals surface area contributed by atoms with Crippen LogP contribution >= 0.6 is 0 Å². The lowest BCUT2D eigenvalue weighted by Gasteiger charge is -2.11. The summed E-state index contributed by atoms with van der Waals surface area (Å²) in [5, 5.41) is 0. The van der Waals surface area contributed by atoms with Crippen LogP contribution < -0.4 is 4.57 Å². The maximum atomic E-state index is 2.54. The van der Waals surface area contributed by atoms with Gasteiger partial charge in [-0.3, -0.25) is 4.90 Å². The van der Waals surface area contributed by atoms with Crippen molar-refractivity contribution in [2.45, 2.75) is 19.4 Å². The second kappa shape index (κ2) is 4.38. The number of rotatable bonds is 3. The van der Waals surface area contributed by atoms with Gasteiger partial charge in [-0.1, -0.05) is 6.07 Å². The first-order valence-corrected chi connectivity index (χ1v) is 5.11. The van der Waals surface area contributed by atoms with Crippen LogP contribution in [0.15, 0.2) is 30.6 Å². The van der Waals surface area contributed by atoms with Crippen LogP contribution in [0.4, 0.5) is 0 Å². The van der Waals surface area contributed by atoms with Gasteiger partial charge in [0.05, 0.1) is 6.54 Å². The lowest BCUT2D eigenvalue weighted by Crippen LogP contribution is -2.39. The van der Waals surface area contributed by atoms with Gasteiger partial charge in [-0.05, 0) is 25.9 Å². The Hall–Kier alpha value is -0.890. The van der Waals surface area contributed by atoms with Crippen LogP contribution in [-0.2, 0) is 6.54 Å². The zero-order valence-corrected chi connectivity index (χ0v) is 8.02. The molecule has 0 saturated carbocycles. The second-order valence-corrected chi connectivity index (χ2v) is 3.66. The van der Waals surface area contributed by atoms with Gasteiger partial charge in [0.1, 0.15) is 0 Å². The minimum absolute atomic E-state index is 1.13. The molecule has 2 rings (SSSR count). The predicted octanol–water partition coefficient (Wildman–Crippen LogP) is 1.07. The van der Waals surface area contributed by atoms with Crippen LogP contribution in [-0.4, -0.2) is 24.5 Å². The van der Waals surface area contributed by atoms with E-state index in [0.29, 0.717) is 0 Å².